The Hall–Kier alpha value is -1.68. The summed E-state index contributed by atoms with van der Waals surface area (Å²) in [5.41, 5.74) is 6.52. The second kappa shape index (κ2) is 3.23. The number of furan rings is 1. The second-order valence-corrected chi connectivity index (χ2v) is 3.21. The summed E-state index contributed by atoms with van der Waals surface area (Å²) in [6.45, 7) is 0. The molecule has 0 aliphatic carbocycles. The van der Waals surface area contributed by atoms with E-state index in [9.17, 15) is 0 Å². The van der Waals surface area contributed by atoms with E-state index in [0.717, 1.165) is 5.39 Å². The number of oxime groups is 1. The molecule has 0 aliphatic rings. The minimum Gasteiger partial charge on any atom is -0.464 e. The summed E-state index contributed by atoms with van der Waals surface area (Å²) in [6.07, 6.45) is 1.52. The van der Waals surface area contributed by atoms with Gasteiger partial charge in [0.15, 0.2) is 5.84 Å². The van der Waals surface area contributed by atoms with E-state index in [2.05, 4.69) is 5.16 Å². The molecule has 0 fully saturated rings. The Morgan fingerprint density at radius 2 is 2.29 bits per heavy atom. The highest BCUT2D eigenvalue weighted by atomic mass is 35.5. The van der Waals surface area contributed by atoms with Gasteiger partial charge in [0.1, 0.15) is 5.58 Å². The van der Waals surface area contributed by atoms with Crippen molar-refractivity contribution in [2.75, 3.05) is 0 Å². The summed E-state index contributed by atoms with van der Waals surface area (Å²) in [6, 6.07) is 5.09. The molecule has 0 spiro atoms. The van der Waals surface area contributed by atoms with Crippen molar-refractivity contribution in [3.05, 3.63) is 35.0 Å². The van der Waals surface area contributed by atoms with Crippen LogP contribution in [0.2, 0.25) is 5.02 Å². The third kappa shape index (κ3) is 1.29. The van der Waals surface area contributed by atoms with Gasteiger partial charge in [0.25, 0.3) is 0 Å². The van der Waals surface area contributed by atoms with Crippen LogP contribution in [-0.2, 0) is 0 Å². The minimum atomic E-state index is -0.0209. The summed E-state index contributed by atoms with van der Waals surface area (Å²) in [5.74, 6) is -0.0209. The SMILES string of the molecule is N/C(=N/O)c1cc(Cl)cc2ccoc12. The van der Waals surface area contributed by atoms with Crippen molar-refractivity contribution in [1.29, 1.82) is 0 Å². The Balaban J connectivity index is 2.79. The van der Waals surface area contributed by atoms with E-state index in [-0.39, 0.29) is 5.84 Å². The van der Waals surface area contributed by atoms with Gasteiger partial charge in [-0.3, -0.25) is 0 Å². The van der Waals surface area contributed by atoms with Crippen molar-refractivity contribution < 1.29 is 9.62 Å². The average Bonchev–Trinajstić information content (AvgIpc) is 2.62. The molecule has 2 rings (SSSR count). The second-order valence-electron chi connectivity index (χ2n) is 2.78. The molecule has 0 saturated heterocycles. The first-order valence-corrected chi connectivity index (χ1v) is 4.25. The van der Waals surface area contributed by atoms with Crippen molar-refractivity contribution >= 4 is 28.4 Å². The lowest BCUT2D eigenvalue weighted by molar-refractivity contribution is 0.318. The van der Waals surface area contributed by atoms with Crippen LogP contribution in [0, 0.1) is 0 Å². The van der Waals surface area contributed by atoms with Gasteiger partial charge >= 0.3 is 0 Å². The molecule has 14 heavy (non-hydrogen) atoms. The molecule has 0 aliphatic heterocycles. The molecule has 0 unspecified atom stereocenters. The lowest BCUT2D eigenvalue weighted by atomic mass is 10.1. The minimum absolute atomic E-state index is 0.0209. The van der Waals surface area contributed by atoms with Crippen molar-refractivity contribution in [1.82, 2.24) is 0 Å². The molecule has 3 N–H and O–H groups in total. The maximum Gasteiger partial charge on any atom is 0.173 e. The van der Waals surface area contributed by atoms with Gasteiger partial charge in [-0.2, -0.15) is 0 Å². The third-order valence-corrected chi connectivity index (χ3v) is 2.12. The molecular formula is C9H7ClN2O2. The van der Waals surface area contributed by atoms with Gasteiger partial charge < -0.3 is 15.4 Å². The quantitative estimate of drug-likeness (QED) is 0.328. The Morgan fingerprint density at radius 1 is 1.50 bits per heavy atom. The van der Waals surface area contributed by atoms with Crippen LogP contribution < -0.4 is 5.73 Å². The smallest absolute Gasteiger partial charge is 0.173 e. The normalized spacial score (nSPS) is 12.2. The van der Waals surface area contributed by atoms with Crippen molar-refractivity contribution in [2.45, 2.75) is 0 Å². The largest absolute Gasteiger partial charge is 0.464 e. The lowest BCUT2D eigenvalue weighted by Gasteiger charge is -2.00. The third-order valence-electron chi connectivity index (χ3n) is 1.90. The first-order chi connectivity index (χ1) is 6.72. The number of fused-ring (bicyclic) bond motifs is 1. The highest BCUT2D eigenvalue weighted by molar-refractivity contribution is 6.32. The average molecular weight is 211 g/mol. The van der Waals surface area contributed by atoms with E-state index in [4.69, 9.17) is 27.0 Å². The summed E-state index contributed by atoms with van der Waals surface area (Å²) in [7, 11) is 0. The molecule has 4 nitrogen and oxygen atoms in total. The fourth-order valence-corrected chi connectivity index (χ4v) is 1.52. The van der Waals surface area contributed by atoms with Gasteiger partial charge in [-0.1, -0.05) is 16.8 Å². The zero-order valence-corrected chi connectivity index (χ0v) is 7.82. The molecule has 0 amide bonds. The van der Waals surface area contributed by atoms with Crippen LogP contribution in [0.5, 0.6) is 0 Å². The molecule has 5 heteroatoms. The Morgan fingerprint density at radius 3 is 3.00 bits per heavy atom. The van der Waals surface area contributed by atoms with Gasteiger partial charge in [-0.15, -0.1) is 0 Å². The maximum atomic E-state index is 8.55. The van der Waals surface area contributed by atoms with E-state index in [1.165, 1.54) is 6.26 Å². The molecule has 0 atom stereocenters. The Kier molecular flexibility index (Phi) is 2.05. The number of nitrogens with two attached hydrogens (primary N) is 1. The number of rotatable bonds is 1. The molecule has 72 valence electrons. The van der Waals surface area contributed by atoms with Gasteiger partial charge in [0, 0.05) is 10.4 Å². The van der Waals surface area contributed by atoms with E-state index in [0.29, 0.717) is 16.2 Å². The van der Waals surface area contributed by atoms with E-state index in [1.807, 2.05) is 0 Å². The summed E-state index contributed by atoms with van der Waals surface area (Å²) in [5, 5.41) is 12.8. The molecule has 1 aromatic carbocycles. The molecule has 0 radical (unpaired) electrons. The fourth-order valence-electron chi connectivity index (χ4n) is 1.29. The maximum absolute atomic E-state index is 8.55. The van der Waals surface area contributed by atoms with Crippen LogP contribution in [0.15, 0.2) is 34.0 Å². The molecule has 1 heterocycles. The predicted molar refractivity (Wildman–Crippen MR) is 53.7 cm³/mol. The topological polar surface area (TPSA) is 71.8 Å². The number of hydrogen-bond donors (Lipinski definition) is 2. The number of amidine groups is 1. The zero-order chi connectivity index (χ0) is 10.1. The number of halogens is 1. The van der Waals surface area contributed by atoms with Crippen molar-refractivity contribution in [2.24, 2.45) is 10.9 Å². The first kappa shape index (κ1) is 8.90. The molecule has 2 aromatic rings. The molecular weight excluding hydrogens is 204 g/mol. The Labute approximate surface area is 84.6 Å². The summed E-state index contributed by atoms with van der Waals surface area (Å²) >= 11 is 5.85. The monoisotopic (exact) mass is 210 g/mol. The van der Waals surface area contributed by atoms with Crippen LogP contribution in [0.25, 0.3) is 11.0 Å². The zero-order valence-electron chi connectivity index (χ0n) is 7.07. The van der Waals surface area contributed by atoms with E-state index >= 15 is 0 Å². The van der Waals surface area contributed by atoms with Gasteiger partial charge in [-0.05, 0) is 18.2 Å². The van der Waals surface area contributed by atoms with Gasteiger partial charge in [-0.25, -0.2) is 0 Å². The van der Waals surface area contributed by atoms with Gasteiger partial charge in [0.2, 0.25) is 0 Å². The first-order valence-electron chi connectivity index (χ1n) is 3.87. The fraction of sp³-hybridized carbons (Fsp3) is 0. The summed E-state index contributed by atoms with van der Waals surface area (Å²) < 4.78 is 5.20. The highest BCUT2D eigenvalue weighted by Crippen LogP contribution is 2.24. The molecule has 0 saturated carbocycles. The van der Waals surface area contributed by atoms with Gasteiger partial charge in [0.05, 0.1) is 11.8 Å². The number of hydrogen-bond acceptors (Lipinski definition) is 3. The van der Waals surface area contributed by atoms with Crippen LogP contribution >= 0.6 is 11.6 Å². The Bertz CT molecular complexity index is 504. The van der Waals surface area contributed by atoms with Crippen LogP contribution in [0.1, 0.15) is 5.56 Å². The number of nitrogens with zero attached hydrogens (tertiary/aromatic N) is 1. The van der Waals surface area contributed by atoms with E-state index < -0.39 is 0 Å². The van der Waals surface area contributed by atoms with Crippen LogP contribution in [0.3, 0.4) is 0 Å². The standard InChI is InChI=1S/C9H7ClN2O2/c10-6-3-5-1-2-14-8(5)7(4-6)9(11)12-13/h1-4,13H,(H2,11,12). The van der Waals surface area contributed by atoms with Crippen molar-refractivity contribution in [3.63, 3.8) is 0 Å². The number of benzene rings is 1. The molecule has 0 bridgehead atoms. The van der Waals surface area contributed by atoms with Crippen LogP contribution in [0.4, 0.5) is 0 Å². The van der Waals surface area contributed by atoms with Crippen LogP contribution in [-0.4, -0.2) is 11.0 Å². The van der Waals surface area contributed by atoms with Crippen molar-refractivity contribution in [3.8, 4) is 0 Å². The van der Waals surface area contributed by atoms with E-state index in [1.54, 1.807) is 18.2 Å². The lowest BCUT2D eigenvalue weighted by Crippen LogP contribution is -2.13. The molecule has 1 aromatic heterocycles. The predicted octanol–water partition coefficient (Wildman–Crippen LogP) is 2.18. The summed E-state index contributed by atoms with van der Waals surface area (Å²) in [4.78, 5) is 0. The highest BCUT2D eigenvalue weighted by Gasteiger charge is 2.09.